The van der Waals surface area contributed by atoms with Crippen LogP contribution in [0.4, 0.5) is 0 Å². The van der Waals surface area contributed by atoms with Crippen molar-refractivity contribution in [1.82, 2.24) is 0 Å². The van der Waals surface area contributed by atoms with Crippen molar-refractivity contribution in [2.75, 3.05) is 0 Å². The smallest absolute Gasteiger partial charge is 0.243 e. The number of rotatable bonds is 5. The average molecular weight is 341 g/mol. The van der Waals surface area contributed by atoms with E-state index < -0.39 is 0 Å². The fourth-order valence-electron chi connectivity index (χ4n) is 2.05. The van der Waals surface area contributed by atoms with Crippen molar-refractivity contribution in [1.29, 1.82) is 5.26 Å². The zero-order valence-corrected chi connectivity index (χ0v) is 12.9. The monoisotopic (exact) mass is 340 g/mol. The Hall–Kier alpha value is -2.30. The van der Waals surface area contributed by atoms with Gasteiger partial charge in [-0.3, -0.25) is 0 Å². The van der Waals surface area contributed by atoms with Gasteiger partial charge in [-0.05, 0) is 17.7 Å². The van der Waals surface area contributed by atoms with Gasteiger partial charge in [0.05, 0.1) is 18.1 Å². The molecular formula is C17H13BrN2O. The van der Waals surface area contributed by atoms with Crippen LogP contribution in [0.2, 0.25) is 0 Å². The highest BCUT2D eigenvalue weighted by molar-refractivity contribution is 9.10. The molecule has 104 valence electrons. The van der Waals surface area contributed by atoms with Crippen molar-refractivity contribution in [3.05, 3.63) is 75.0 Å². The van der Waals surface area contributed by atoms with Crippen molar-refractivity contribution >= 4 is 15.9 Å². The van der Waals surface area contributed by atoms with Crippen LogP contribution in [0.25, 0.3) is 4.85 Å². The first-order valence-electron chi connectivity index (χ1n) is 6.42. The molecule has 0 bridgehead atoms. The van der Waals surface area contributed by atoms with Crippen LogP contribution in [0.5, 0.6) is 5.75 Å². The van der Waals surface area contributed by atoms with Crippen LogP contribution in [0.15, 0.2) is 46.9 Å². The average Bonchev–Trinajstić information content (AvgIpc) is 2.48. The van der Waals surface area contributed by atoms with Gasteiger partial charge in [-0.2, -0.15) is 5.26 Å². The molecule has 0 fully saturated rings. The lowest BCUT2D eigenvalue weighted by Crippen LogP contribution is -2.02. The fraction of sp³-hybridized carbons (Fsp3) is 0.176. The Morgan fingerprint density at radius 2 is 1.90 bits per heavy atom. The SMILES string of the molecule is [C-]#[N+]Cc1cc(Br)cc(CC#N)c1OCc1ccccc1. The van der Waals surface area contributed by atoms with Crippen LogP contribution >= 0.6 is 15.9 Å². The molecule has 0 aliphatic heterocycles. The van der Waals surface area contributed by atoms with Crippen LogP contribution in [-0.2, 0) is 19.6 Å². The van der Waals surface area contributed by atoms with E-state index in [0.717, 1.165) is 21.2 Å². The zero-order valence-electron chi connectivity index (χ0n) is 11.3. The van der Waals surface area contributed by atoms with Gasteiger partial charge in [-0.15, -0.1) is 0 Å². The van der Waals surface area contributed by atoms with Gasteiger partial charge in [0.15, 0.2) is 0 Å². The highest BCUT2D eigenvalue weighted by Crippen LogP contribution is 2.30. The minimum Gasteiger partial charge on any atom is -0.488 e. The molecule has 0 N–H and O–H groups in total. The van der Waals surface area contributed by atoms with Gasteiger partial charge < -0.3 is 9.58 Å². The number of benzene rings is 2. The first-order valence-corrected chi connectivity index (χ1v) is 7.22. The second kappa shape index (κ2) is 7.47. The summed E-state index contributed by atoms with van der Waals surface area (Å²) in [5.74, 6) is 0.652. The summed E-state index contributed by atoms with van der Waals surface area (Å²) in [5, 5.41) is 8.96. The Morgan fingerprint density at radius 3 is 2.57 bits per heavy atom. The second-order valence-corrected chi connectivity index (χ2v) is 5.39. The Labute approximate surface area is 132 Å². The van der Waals surface area contributed by atoms with E-state index in [1.165, 1.54) is 0 Å². The standard InChI is InChI=1S/C17H13BrN2O/c1-20-11-15-10-16(18)9-14(7-8-19)17(15)21-12-13-5-3-2-4-6-13/h2-6,9-10H,7,11-12H2. The van der Waals surface area contributed by atoms with Crippen LogP contribution in [-0.4, -0.2) is 0 Å². The van der Waals surface area contributed by atoms with Gasteiger partial charge in [0, 0.05) is 10.0 Å². The summed E-state index contributed by atoms with van der Waals surface area (Å²) in [6, 6.07) is 15.7. The van der Waals surface area contributed by atoms with Gasteiger partial charge in [-0.1, -0.05) is 46.3 Å². The number of halogens is 1. The van der Waals surface area contributed by atoms with Crippen LogP contribution in [0, 0.1) is 17.9 Å². The molecule has 0 saturated carbocycles. The molecule has 0 atom stereocenters. The Kier molecular flexibility index (Phi) is 5.37. The lowest BCUT2D eigenvalue weighted by atomic mass is 10.1. The van der Waals surface area contributed by atoms with Crippen LogP contribution in [0.3, 0.4) is 0 Å². The number of nitriles is 1. The summed E-state index contributed by atoms with van der Waals surface area (Å²) in [6.07, 6.45) is 0.258. The van der Waals surface area contributed by atoms with Crippen molar-refractivity contribution in [3.63, 3.8) is 0 Å². The number of hydrogen-bond donors (Lipinski definition) is 0. The molecule has 4 heteroatoms. The molecule has 0 unspecified atom stereocenters. The van der Waals surface area contributed by atoms with Crippen LogP contribution < -0.4 is 4.74 Å². The van der Waals surface area contributed by atoms with E-state index in [1.807, 2.05) is 42.5 Å². The van der Waals surface area contributed by atoms with Crippen molar-refractivity contribution in [2.24, 2.45) is 0 Å². The first-order chi connectivity index (χ1) is 10.2. The van der Waals surface area contributed by atoms with Crippen molar-refractivity contribution < 1.29 is 4.74 Å². The van der Waals surface area contributed by atoms with Crippen LogP contribution in [0.1, 0.15) is 16.7 Å². The Bertz CT molecular complexity index is 662. The van der Waals surface area contributed by atoms with E-state index in [4.69, 9.17) is 16.6 Å². The van der Waals surface area contributed by atoms with Gasteiger partial charge >= 0.3 is 0 Å². The lowest BCUT2D eigenvalue weighted by Gasteiger charge is -2.13. The molecule has 3 nitrogen and oxygen atoms in total. The molecule has 0 spiro atoms. The lowest BCUT2D eigenvalue weighted by molar-refractivity contribution is 0.300. The minimum absolute atomic E-state index is 0.238. The normalized spacial score (nSPS) is 9.67. The summed E-state index contributed by atoms with van der Waals surface area (Å²) < 4.78 is 6.76. The van der Waals surface area contributed by atoms with E-state index in [-0.39, 0.29) is 13.0 Å². The molecule has 0 radical (unpaired) electrons. The number of ether oxygens (including phenoxy) is 1. The van der Waals surface area contributed by atoms with E-state index >= 15 is 0 Å². The van der Waals surface area contributed by atoms with Gasteiger partial charge in [0.1, 0.15) is 12.4 Å². The maximum atomic E-state index is 8.96. The molecule has 0 amide bonds. The molecule has 0 saturated heterocycles. The third kappa shape index (κ3) is 4.08. The zero-order chi connectivity index (χ0) is 15.1. The highest BCUT2D eigenvalue weighted by Gasteiger charge is 2.14. The Morgan fingerprint density at radius 1 is 1.19 bits per heavy atom. The molecular weight excluding hydrogens is 328 g/mol. The van der Waals surface area contributed by atoms with E-state index in [1.54, 1.807) is 0 Å². The molecule has 0 aliphatic rings. The summed E-state index contributed by atoms with van der Waals surface area (Å²) in [4.78, 5) is 3.43. The maximum absolute atomic E-state index is 8.96. The molecule has 0 heterocycles. The predicted molar refractivity (Wildman–Crippen MR) is 84.5 cm³/mol. The van der Waals surface area contributed by atoms with Gasteiger partial charge in [0.2, 0.25) is 6.54 Å². The largest absolute Gasteiger partial charge is 0.488 e. The fourth-order valence-corrected chi connectivity index (χ4v) is 2.60. The Balaban J connectivity index is 2.31. The van der Waals surface area contributed by atoms with Crippen molar-refractivity contribution in [3.8, 4) is 11.8 Å². The number of nitrogens with zero attached hydrogens (tertiary/aromatic N) is 2. The first kappa shape index (κ1) is 15.1. The van der Waals surface area contributed by atoms with Gasteiger partial charge in [-0.25, -0.2) is 6.57 Å². The predicted octanol–water partition coefficient (Wildman–Crippen LogP) is 4.51. The minimum atomic E-state index is 0.238. The van der Waals surface area contributed by atoms with E-state index in [0.29, 0.717) is 12.4 Å². The third-order valence-corrected chi connectivity index (χ3v) is 3.41. The number of hydrogen-bond acceptors (Lipinski definition) is 2. The van der Waals surface area contributed by atoms with E-state index in [9.17, 15) is 0 Å². The molecule has 2 rings (SSSR count). The molecule has 21 heavy (non-hydrogen) atoms. The molecule has 0 aromatic heterocycles. The second-order valence-electron chi connectivity index (χ2n) is 4.48. The highest BCUT2D eigenvalue weighted by atomic mass is 79.9. The van der Waals surface area contributed by atoms with Crippen molar-refractivity contribution in [2.45, 2.75) is 19.6 Å². The summed E-state index contributed by atoms with van der Waals surface area (Å²) in [7, 11) is 0. The molecule has 2 aromatic rings. The maximum Gasteiger partial charge on any atom is 0.243 e. The summed E-state index contributed by atoms with van der Waals surface area (Å²) in [6.45, 7) is 7.73. The van der Waals surface area contributed by atoms with E-state index in [2.05, 4.69) is 26.8 Å². The molecule has 0 aliphatic carbocycles. The third-order valence-electron chi connectivity index (χ3n) is 2.95. The molecule has 2 aromatic carbocycles. The quantitative estimate of drug-likeness (QED) is 0.750. The summed E-state index contributed by atoms with van der Waals surface area (Å²) >= 11 is 3.42. The summed E-state index contributed by atoms with van der Waals surface area (Å²) in [5.41, 5.74) is 2.67. The van der Waals surface area contributed by atoms with Gasteiger partial charge in [0.25, 0.3) is 0 Å². The topological polar surface area (TPSA) is 37.4 Å².